The second-order valence-electron chi connectivity index (χ2n) is 16.8. The van der Waals surface area contributed by atoms with Crippen LogP contribution in [0.25, 0.3) is 38.6 Å². The van der Waals surface area contributed by atoms with Crippen molar-refractivity contribution in [2.24, 2.45) is 0 Å². The summed E-state index contributed by atoms with van der Waals surface area (Å²) in [7, 11) is 0. The maximum atomic E-state index is 6.95. The highest BCUT2D eigenvalue weighted by Gasteiger charge is 2.43. The second kappa shape index (κ2) is 12.0. The van der Waals surface area contributed by atoms with Crippen LogP contribution in [0.2, 0.25) is 0 Å². The van der Waals surface area contributed by atoms with Crippen molar-refractivity contribution in [1.29, 1.82) is 0 Å². The van der Waals surface area contributed by atoms with Crippen molar-refractivity contribution in [3.8, 4) is 39.8 Å². The fraction of sp³-hybridized carbons (Fsp3) is 0.154. The number of fused-ring (bicyclic) bond motifs is 10. The Balaban J connectivity index is 1.07. The lowest BCUT2D eigenvalue weighted by Gasteiger charge is -2.36. The third-order valence-corrected chi connectivity index (χ3v) is 13.0. The zero-order valence-corrected chi connectivity index (χ0v) is 32.6. The molecule has 4 aliphatic rings. The number of aryl methyl sites for hydroxylation is 3. The highest BCUT2D eigenvalue weighted by molar-refractivity contribution is 6.98. The molecule has 4 heterocycles. The molecule has 5 heteroatoms. The number of nitrogens with zero attached hydrogens (tertiary/aromatic N) is 2. The van der Waals surface area contributed by atoms with E-state index in [0.717, 1.165) is 63.6 Å². The van der Waals surface area contributed by atoms with E-state index in [4.69, 9.17) is 9.47 Å². The maximum Gasteiger partial charge on any atom is 0.260 e. The van der Waals surface area contributed by atoms with Gasteiger partial charge in [0.15, 0.2) is 0 Å². The van der Waals surface area contributed by atoms with Crippen LogP contribution >= 0.6 is 0 Å². The molecule has 8 aromatic rings. The first kappa shape index (κ1) is 32.8. The molecule has 1 aromatic heterocycles. The Morgan fingerprint density at radius 1 is 0.561 bits per heavy atom. The third-order valence-electron chi connectivity index (χ3n) is 13.0. The van der Waals surface area contributed by atoms with E-state index in [1.807, 2.05) is 0 Å². The summed E-state index contributed by atoms with van der Waals surface area (Å²) in [6, 6.07) is 49.6. The smallest absolute Gasteiger partial charge is 0.260 e. The minimum atomic E-state index is -0.0887. The molecule has 0 fully saturated rings. The average molecular weight is 737 g/mol. The Morgan fingerprint density at radius 3 is 1.86 bits per heavy atom. The van der Waals surface area contributed by atoms with Gasteiger partial charge in [0.25, 0.3) is 6.71 Å². The molecule has 0 bridgehead atoms. The number of allylic oxidation sites excluding steroid dienone is 1. The van der Waals surface area contributed by atoms with Crippen LogP contribution in [0.3, 0.4) is 0 Å². The highest BCUT2D eigenvalue weighted by atomic mass is 16.5. The van der Waals surface area contributed by atoms with Gasteiger partial charge in [-0.1, -0.05) is 82.9 Å². The molecule has 57 heavy (non-hydrogen) atoms. The molecule has 1 aliphatic carbocycles. The number of aromatic nitrogens is 1. The highest BCUT2D eigenvalue weighted by Crippen LogP contribution is 2.51. The maximum absolute atomic E-state index is 6.95. The quantitative estimate of drug-likeness (QED) is 0.133. The summed E-state index contributed by atoms with van der Waals surface area (Å²) in [6.07, 6.45) is 4.77. The molecule has 12 rings (SSSR count). The number of hydrogen-bond acceptors (Lipinski definition) is 3. The molecule has 0 spiro atoms. The SMILES string of the molecule is CC1=CC2c3cc(C)ccc3N(c3ccc4c(c3)B3c5cc(-n6c7ccc(C)cc7c7cc(C)ccc76)ccc5Oc5cc(-c6ccccc6)cc(c53)O4)C2CC1. The summed E-state index contributed by atoms with van der Waals surface area (Å²) in [5, 5.41) is 2.55. The first-order chi connectivity index (χ1) is 27.9. The first-order valence-corrected chi connectivity index (χ1v) is 20.3. The molecule has 0 radical (unpaired) electrons. The number of ether oxygens (including phenoxy) is 2. The molecule has 4 nitrogen and oxygen atoms in total. The van der Waals surface area contributed by atoms with Crippen molar-refractivity contribution in [1.82, 2.24) is 4.57 Å². The zero-order chi connectivity index (χ0) is 38.1. The lowest BCUT2D eigenvalue weighted by atomic mass is 9.34. The van der Waals surface area contributed by atoms with Crippen molar-refractivity contribution in [2.45, 2.75) is 52.5 Å². The van der Waals surface area contributed by atoms with Gasteiger partial charge in [0.05, 0.1) is 11.0 Å². The van der Waals surface area contributed by atoms with E-state index >= 15 is 0 Å². The molecule has 7 aromatic carbocycles. The molecule has 0 amide bonds. The van der Waals surface area contributed by atoms with Crippen molar-refractivity contribution >= 4 is 56.3 Å². The van der Waals surface area contributed by atoms with Gasteiger partial charge < -0.3 is 18.9 Å². The van der Waals surface area contributed by atoms with Gasteiger partial charge in [-0.2, -0.15) is 0 Å². The Hall–Kier alpha value is -6.46. The van der Waals surface area contributed by atoms with Gasteiger partial charge in [0.2, 0.25) is 0 Å². The van der Waals surface area contributed by atoms with Crippen LogP contribution in [-0.4, -0.2) is 17.3 Å². The molecule has 2 atom stereocenters. The van der Waals surface area contributed by atoms with Crippen LogP contribution < -0.4 is 30.8 Å². The van der Waals surface area contributed by atoms with Crippen molar-refractivity contribution in [3.63, 3.8) is 0 Å². The fourth-order valence-corrected chi connectivity index (χ4v) is 10.4. The molecule has 0 N–H and O–H groups in total. The van der Waals surface area contributed by atoms with Crippen LogP contribution in [0.15, 0.2) is 145 Å². The van der Waals surface area contributed by atoms with E-state index in [2.05, 4.69) is 177 Å². The van der Waals surface area contributed by atoms with E-state index in [1.54, 1.807) is 0 Å². The predicted octanol–water partition coefficient (Wildman–Crippen LogP) is 11.4. The van der Waals surface area contributed by atoms with Gasteiger partial charge in [-0.3, -0.25) is 0 Å². The zero-order valence-electron chi connectivity index (χ0n) is 32.6. The van der Waals surface area contributed by atoms with Gasteiger partial charge in [-0.25, -0.2) is 0 Å². The van der Waals surface area contributed by atoms with E-state index < -0.39 is 0 Å². The predicted molar refractivity (Wildman–Crippen MR) is 236 cm³/mol. The average Bonchev–Trinajstić information content (AvgIpc) is 3.71. The van der Waals surface area contributed by atoms with E-state index in [-0.39, 0.29) is 6.71 Å². The molecular weight excluding hydrogens is 695 g/mol. The Bertz CT molecular complexity index is 2970. The Morgan fingerprint density at radius 2 is 1.18 bits per heavy atom. The Kier molecular flexibility index (Phi) is 6.91. The summed E-state index contributed by atoms with van der Waals surface area (Å²) >= 11 is 0. The minimum absolute atomic E-state index is 0.0887. The normalized spacial score (nSPS) is 17.3. The number of anilines is 2. The van der Waals surface area contributed by atoms with E-state index in [9.17, 15) is 0 Å². The van der Waals surface area contributed by atoms with Crippen molar-refractivity contribution < 1.29 is 9.47 Å². The van der Waals surface area contributed by atoms with Crippen molar-refractivity contribution in [3.05, 3.63) is 167 Å². The monoisotopic (exact) mass is 736 g/mol. The number of rotatable bonds is 3. The van der Waals surface area contributed by atoms with Crippen LogP contribution in [-0.2, 0) is 0 Å². The summed E-state index contributed by atoms with van der Waals surface area (Å²) in [5.41, 5.74) is 18.4. The van der Waals surface area contributed by atoms with Gasteiger partial charge >= 0.3 is 0 Å². The topological polar surface area (TPSA) is 26.6 Å². The number of benzene rings is 7. The minimum Gasteiger partial charge on any atom is -0.458 e. The summed E-state index contributed by atoms with van der Waals surface area (Å²) < 4.78 is 16.3. The second-order valence-corrected chi connectivity index (χ2v) is 16.8. The fourth-order valence-electron chi connectivity index (χ4n) is 10.4. The first-order valence-electron chi connectivity index (χ1n) is 20.3. The molecule has 274 valence electrons. The van der Waals surface area contributed by atoms with Gasteiger partial charge in [-0.15, -0.1) is 0 Å². The Labute approximate surface area is 333 Å². The van der Waals surface area contributed by atoms with Gasteiger partial charge in [-0.05, 0) is 147 Å². The van der Waals surface area contributed by atoms with Crippen LogP contribution in [0.1, 0.15) is 47.9 Å². The van der Waals surface area contributed by atoms with Crippen LogP contribution in [0, 0.1) is 20.8 Å². The molecule has 2 unspecified atom stereocenters. The standard InChI is InChI=1S/C52H41BN2O2/c1-30-10-16-44-38(22-30)39-23-31(2)11-17-45(39)54(44)36-14-20-48-42(28-36)53-43-29-37(55-46-18-12-32(3)24-40(46)41-25-33(4)13-19-47(41)55)15-21-49(43)57-51-27-35(26-50(56-48)52(51)53)34-8-6-5-7-9-34/h5-12,14-18,20-29,41,47H,13,19H2,1-4H3. The summed E-state index contributed by atoms with van der Waals surface area (Å²) in [4.78, 5) is 2.62. The molecule has 3 aliphatic heterocycles. The van der Waals surface area contributed by atoms with E-state index in [1.165, 1.54) is 66.5 Å². The lowest BCUT2D eigenvalue weighted by molar-refractivity contribution is 0.465. The van der Waals surface area contributed by atoms with Gasteiger partial charge in [0.1, 0.15) is 23.0 Å². The molecule has 0 saturated heterocycles. The third kappa shape index (κ3) is 4.88. The van der Waals surface area contributed by atoms with Crippen molar-refractivity contribution in [2.75, 3.05) is 4.90 Å². The van der Waals surface area contributed by atoms with Crippen LogP contribution in [0.5, 0.6) is 23.0 Å². The largest absolute Gasteiger partial charge is 0.458 e. The molecular formula is C52H41BN2O2. The molecule has 0 saturated carbocycles. The van der Waals surface area contributed by atoms with E-state index in [0.29, 0.717) is 12.0 Å². The van der Waals surface area contributed by atoms with Crippen LogP contribution in [0.4, 0.5) is 11.4 Å². The summed E-state index contributed by atoms with van der Waals surface area (Å²) in [6.45, 7) is 8.77. The van der Waals surface area contributed by atoms with Gasteiger partial charge in [0, 0.05) is 45.3 Å². The number of hydrogen-bond donors (Lipinski definition) is 0. The summed E-state index contributed by atoms with van der Waals surface area (Å²) in [5.74, 6) is 3.87. The lowest BCUT2D eigenvalue weighted by Crippen LogP contribution is -2.57.